The van der Waals surface area contributed by atoms with Gasteiger partial charge in [0.1, 0.15) is 23.0 Å². The molecule has 2 aromatic rings. The molecule has 6 nitrogen and oxygen atoms in total. The molecule has 1 N–H and O–H groups in total. The highest BCUT2D eigenvalue weighted by Gasteiger charge is 2.38. The summed E-state index contributed by atoms with van der Waals surface area (Å²) in [5.74, 6) is -0.143. The summed E-state index contributed by atoms with van der Waals surface area (Å²) in [6, 6.07) is 1.46. The fourth-order valence-electron chi connectivity index (χ4n) is 2.73. The zero-order valence-corrected chi connectivity index (χ0v) is 12.8. The Balaban J connectivity index is 2.06. The number of carboxylic acid groups (broad SMARTS) is 1. The molecule has 1 aliphatic heterocycles. The maximum absolute atomic E-state index is 11.5. The van der Waals surface area contributed by atoms with Gasteiger partial charge >= 0.3 is 5.97 Å². The lowest BCUT2D eigenvalue weighted by Crippen LogP contribution is -2.36. The Morgan fingerprint density at radius 2 is 2.38 bits per heavy atom. The van der Waals surface area contributed by atoms with Gasteiger partial charge < -0.3 is 14.7 Å². The van der Waals surface area contributed by atoms with Gasteiger partial charge in [0, 0.05) is 25.0 Å². The monoisotopic (exact) mass is 307 g/mol. The molecule has 2 atom stereocenters. The van der Waals surface area contributed by atoms with Gasteiger partial charge in [0.25, 0.3) is 0 Å². The first-order valence-electron chi connectivity index (χ1n) is 6.89. The minimum Gasteiger partial charge on any atom is -0.480 e. The summed E-state index contributed by atoms with van der Waals surface area (Å²) in [5, 5.41) is 10.4. The Morgan fingerprint density at radius 3 is 3.05 bits per heavy atom. The van der Waals surface area contributed by atoms with Gasteiger partial charge in [0.05, 0.1) is 11.5 Å². The summed E-state index contributed by atoms with van der Waals surface area (Å²) in [7, 11) is 1.61. The van der Waals surface area contributed by atoms with E-state index in [1.165, 1.54) is 11.2 Å². The molecular weight excluding hydrogens is 290 g/mol. The van der Waals surface area contributed by atoms with Gasteiger partial charge in [-0.3, -0.25) is 0 Å². The first kappa shape index (κ1) is 14.2. The van der Waals surface area contributed by atoms with Crippen LogP contribution in [0.15, 0.2) is 12.4 Å². The highest BCUT2D eigenvalue weighted by atomic mass is 32.1. The molecule has 1 saturated heterocycles. The van der Waals surface area contributed by atoms with Crippen LogP contribution in [0.2, 0.25) is 0 Å². The van der Waals surface area contributed by atoms with Crippen LogP contribution in [0.1, 0.15) is 18.2 Å². The van der Waals surface area contributed by atoms with Crippen molar-refractivity contribution in [2.45, 2.75) is 31.9 Å². The average molecular weight is 307 g/mol. The van der Waals surface area contributed by atoms with Crippen molar-refractivity contribution >= 4 is 33.3 Å². The van der Waals surface area contributed by atoms with E-state index >= 15 is 0 Å². The third-order valence-corrected chi connectivity index (χ3v) is 5.05. The number of hydrogen-bond acceptors (Lipinski definition) is 6. The van der Waals surface area contributed by atoms with E-state index in [9.17, 15) is 9.90 Å². The lowest BCUT2D eigenvalue weighted by Gasteiger charge is -2.22. The minimum atomic E-state index is -0.841. The molecule has 112 valence electrons. The standard InChI is InChI=1S/C14H17N3O3S/c1-3-9-5-10-12(15-7-16-13(10)21-9)17-6-8(20-2)4-11(17)14(18)19/h5,7-8,11H,3-4,6H2,1-2H3,(H,18,19). The van der Waals surface area contributed by atoms with Gasteiger partial charge in [-0.2, -0.15) is 0 Å². The van der Waals surface area contributed by atoms with Crippen LogP contribution in [0.5, 0.6) is 0 Å². The van der Waals surface area contributed by atoms with Gasteiger partial charge in [-0.05, 0) is 12.5 Å². The highest BCUT2D eigenvalue weighted by Crippen LogP contribution is 2.34. The van der Waals surface area contributed by atoms with Gasteiger partial charge in [-0.15, -0.1) is 11.3 Å². The molecule has 0 amide bonds. The normalized spacial score (nSPS) is 22.1. The van der Waals surface area contributed by atoms with Crippen molar-refractivity contribution in [3.8, 4) is 0 Å². The lowest BCUT2D eigenvalue weighted by atomic mass is 10.2. The molecule has 0 aliphatic carbocycles. The number of rotatable bonds is 4. The number of anilines is 1. The number of thiophene rings is 1. The van der Waals surface area contributed by atoms with E-state index in [1.807, 2.05) is 4.90 Å². The van der Waals surface area contributed by atoms with E-state index in [2.05, 4.69) is 23.0 Å². The number of carboxylic acids is 1. The zero-order chi connectivity index (χ0) is 15.0. The van der Waals surface area contributed by atoms with Crippen molar-refractivity contribution in [1.29, 1.82) is 0 Å². The van der Waals surface area contributed by atoms with E-state index < -0.39 is 12.0 Å². The van der Waals surface area contributed by atoms with Gasteiger partial charge in [-0.1, -0.05) is 6.92 Å². The van der Waals surface area contributed by atoms with E-state index in [-0.39, 0.29) is 6.10 Å². The molecule has 3 rings (SSSR count). The Morgan fingerprint density at radius 1 is 1.57 bits per heavy atom. The summed E-state index contributed by atoms with van der Waals surface area (Å²) in [4.78, 5) is 24.1. The molecule has 0 bridgehead atoms. The fraction of sp³-hybridized carbons (Fsp3) is 0.500. The second kappa shape index (κ2) is 5.57. The van der Waals surface area contributed by atoms with Crippen LogP contribution >= 0.6 is 11.3 Å². The minimum absolute atomic E-state index is 0.0830. The predicted octanol–water partition coefficient (Wildman–Crippen LogP) is 1.93. The molecule has 0 spiro atoms. The van der Waals surface area contributed by atoms with Crippen molar-refractivity contribution in [2.75, 3.05) is 18.6 Å². The summed E-state index contributed by atoms with van der Waals surface area (Å²) in [5.41, 5.74) is 0. The topological polar surface area (TPSA) is 75.5 Å². The fourth-order valence-corrected chi connectivity index (χ4v) is 3.66. The molecular formula is C14H17N3O3S. The van der Waals surface area contributed by atoms with Crippen molar-refractivity contribution in [2.24, 2.45) is 0 Å². The number of ether oxygens (including phenoxy) is 1. The molecule has 2 aromatic heterocycles. The van der Waals surface area contributed by atoms with E-state index in [1.54, 1.807) is 18.4 Å². The van der Waals surface area contributed by atoms with Crippen LogP contribution in [0.3, 0.4) is 0 Å². The smallest absolute Gasteiger partial charge is 0.326 e. The first-order valence-corrected chi connectivity index (χ1v) is 7.71. The van der Waals surface area contributed by atoms with Crippen LogP contribution in [-0.2, 0) is 16.0 Å². The van der Waals surface area contributed by atoms with Crippen LogP contribution in [-0.4, -0.2) is 46.8 Å². The molecule has 7 heteroatoms. The molecule has 21 heavy (non-hydrogen) atoms. The second-order valence-electron chi connectivity index (χ2n) is 5.08. The number of methoxy groups -OCH3 is 1. The molecule has 1 fully saturated rings. The van der Waals surface area contributed by atoms with Crippen molar-refractivity contribution in [3.63, 3.8) is 0 Å². The van der Waals surface area contributed by atoms with Gasteiger partial charge in [0.2, 0.25) is 0 Å². The summed E-state index contributed by atoms with van der Waals surface area (Å²) in [6.07, 6.45) is 2.83. The quantitative estimate of drug-likeness (QED) is 0.930. The summed E-state index contributed by atoms with van der Waals surface area (Å²) < 4.78 is 5.34. The second-order valence-corrected chi connectivity index (χ2v) is 6.20. The Labute approximate surface area is 126 Å². The molecule has 2 unspecified atom stereocenters. The number of aryl methyl sites for hydroxylation is 1. The first-order chi connectivity index (χ1) is 10.1. The Bertz CT molecular complexity index is 673. The van der Waals surface area contributed by atoms with Crippen molar-refractivity contribution in [1.82, 2.24) is 9.97 Å². The maximum Gasteiger partial charge on any atom is 0.326 e. The lowest BCUT2D eigenvalue weighted by molar-refractivity contribution is -0.138. The van der Waals surface area contributed by atoms with E-state index in [0.717, 1.165) is 16.6 Å². The van der Waals surface area contributed by atoms with Gasteiger partial charge in [0.15, 0.2) is 0 Å². The molecule has 0 radical (unpaired) electrons. The predicted molar refractivity (Wildman–Crippen MR) is 81.0 cm³/mol. The SMILES string of the molecule is CCc1cc2c(N3CC(OC)CC3C(=O)O)ncnc2s1. The third kappa shape index (κ3) is 2.47. The number of aliphatic carboxylic acids is 1. The van der Waals surface area contributed by atoms with E-state index in [4.69, 9.17) is 4.74 Å². The third-order valence-electron chi connectivity index (χ3n) is 3.86. The van der Waals surface area contributed by atoms with Crippen molar-refractivity contribution in [3.05, 3.63) is 17.3 Å². The number of hydrogen-bond donors (Lipinski definition) is 1. The zero-order valence-electron chi connectivity index (χ0n) is 11.9. The average Bonchev–Trinajstić information content (AvgIpc) is 3.10. The largest absolute Gasteiger partial charge is 0.480 e. The number of fused-ring (bicyclic) bond motifs is 1. The van der Waals surface area contributed by atoms with Gasteiger partial charge in [-0.25, -0.2) is 14.8 Å². The maximum atomic E-state index is 11.5. The highest BCUT2D eigenvalue weighted by molar-refractivity contribution is 7.18. The Kier molecular flexibility index (Phi) is 3.77. The van der Waals surface area contributed by atoms with Crippen LogP contribution in [0.4, 0.5) is 5.82 Å². The Hall–Kier alpha value is -1.73. The van der Waals surface area contributed by atoms with Crippen molar-refractivity contribution < 1.29 is 14.6 Å². The summed E-state index contributed by atoms with van der Waals surface area (Å²) >= 11 is 1.63. The number of nitrogens with zero attached hydrogens (tertiary/aromatic N) is 3. The van der Waals surface area contributed by atoms with Crippen LogP contribution in [0.25, 0.3) is 10.2 Å². The number of carbonyl (C=O) groups is 1. The number of aromatic nitrogens is 2. The molecule has 1 aliphatic rings. The summed E-state index contributed by atoms with van der Waals surface area (Å²) in [6.45, 7) is 2.63. The molecule has 3 heterocycles. The molecule has 0 aromatic carbocycles. The van der Waals surface area contributed by atoms with Crippen LogP contribution in [0, 0.1) is 0 Å². The molecule has 0 saturated carbocycles. The van der Waals surface area contributed by atoms with E-state index in [0.29, 0.717) is 18.8 Å². The van der Waals surface area contributed by atoms with Crippen LogP contribution < -0.4 is 4.90 Å².